The smallest absolute Gasteiger partial charge is 0.234 e. The predicted molar refractivity (Wildman–Crippen MR) is 94.8 cm³/mol. The zero-order valence-electron chi connectivity index (χ0n) is 14.1. The molecule has 1 amide bonds. The van der Waals surface area contributed by atoms with Crippen molar-refractivity contribution >= 4 is 5.91 Å². The minimum atomic E-state index is 0.0827. The highest BCUT2D eigenvalue weighted by atomic mass is 16.5. The van der Waals surface area contributed by atoms with Gasteiger partial charge in [0.25, 0.3) is 0 Å². The number of hydrogen-bond donors (Lipinski definition) is 1. The zero-order valence-corrected chi connectivity index (χ0v) is 14.1. The normalized spacial score (nSPS) is 17.6. The molecule has 0 spiro atoms. The van der Waals surface area contributed by atoms with Gasteiger partial charge in [0.2, 0.25) is 5.91 Å². The maximum Gasteiger partial charge on any atom is 0.234 e. The molecule has 3 rings (SSSR count). The summed E-state index contributed by atoms with van der Waals surface area (Å²) >= 11 is 0. The fourth-order valence-corrected chi connectivity index (χ4v) is 3.26. The Bertz CT molecular complexity index is 655. The Hall–Kier alpha value is -2.33. The molecule has 1 unspecified atom stereocenters. The second kappa shape index (κ2) is 7.97. The van der Waals surface area contributed by atoms with Gasteiger partial charge < -0.3 is 10.1 Å². The van der Waals surface area contributed by atoms with Crippen molar-refractivity contribution in [2.24, 2.45) is 0 Å². The van der Waals surface area contributed by atoms with Crippen molar-refractivity contribution in [1.29, 1.82) is 0 Å². The Morgan fingerprint density at radius 3 is 2.62 bits per heavy atom. The van der Waals surface area contributed by atoms with Crippen LogP contribution in [0.5, 0.6) is 5.75 Å². The number of nitrogens with zero attached hydrogens (tertiary/aromatic N) is 1. The van der Waals surface area contributed by atoms with Crippen LogP contribution in [0.3, 0.4) is 0 Å². The number of ether oxygens (including phenoxy) is 1. The Kier molecular flexibility index (Phi) is 5.49. The number of rotatable bonds is 6. The van der Waals surface area contributed by atoms with Crippen LogP contribution < -0.4 is 10.1 Å². The van der Waals surface area contributed by atoms with Crippen LogP contribution in [0.1, 0.15) is 30.0 Å². The fraction of sp³-hybridized carbons (Fsp3) is 0.350. The summed E-state index contributed by atoms with van der Waals surface area (Å²) in [5.41, 5.74) is 2.38. The van der Waals surface area contributed by atoms with E-state index in [0.717, 1.165) is 30.7 Å². The summed E-state index contributed by atoms with van der Waals surface area (Å²) in [6, 6.07) is 18.5. The third kappa shape index (κ3) is 4.15. The molecule has 2 aromatic carbocycles. The molecular formula is C20H24N2O2. The van der Waals surface area contributed by atoms with Gasteiger partial charge in [-0.15, -0.1) is 0 Å². The number of amides is 1. The first-order valence-electron chi connectivity index (χ1n) is 8.45. The Morgan fingerprint density at radius 2 is 1.92 bits per heavy atom. The lowest BCUT2D eigenvalue weighted by Crippen LogP contribution is -2.36. The van der Waals surface area contributed by atoms with Crippen LogP contribution in [0.4, 0.5) is 0 Å². The van der Waals surface area contributed by atoms with Gasteiger partial charge in [0.05, 0.1) is 13.7 Å². The van der Waals surface area contributed by atoms with E-state index in [4.69, 9.17) is 4.74 Å². The minimum absolute atomic E-state index is 0.0827. The Labute approximate surface area is 143 Å². The third-order valence-corrected chi connectivity index (χ3v) is 4.54. The average molecular weight is 324 g/mol. The summed E-state index contributed by atoms with van der Waals surface area (Å²) in [5, 5.41) is 3.02. The number of nitrogens with one attached hydrogen (secondary N) is 1. The highest BCUT2D eigenvalue weighted by Crippen LogP contribution is 2.32. The topological polar surface area (TPSA) is 41.6 Å². The summed E-state index contributed by atoms with van der Waals surface area (Å²) in [5.74, 6) is 0.947. The Morgan fingerprint density at radius 1 is 1.17 bits per heavy atom. The van der Waals surface area contributed by atoms with E-state index in [9.17, 15) is 4.79 Å². The van der Waals surface area contributed by atoms with Gasteiger partial charge in [-0.2, -0.15) is 0 Å². The number of benzene rings is 2. The molecule has 1 atom stereocenters. The molecule has 1 heterocycles. The minimum Gasteiger partial charge on any atom is -0.497 e. The molecular weight excluding hydrogens is 300 g/mol. The largest absolute Gasteiger partial charge is 0.497 e. The second-order valence-electron chi connectivity index (χ2n) is 6.16. The molecule has 24 heavy (non-hydrogen) atoms. The lowest BCUT2D eigenvalue weighted by atomic mass is 10.0. The molecule has 2 aromatic rings. The van der Waals surface area contributed by atoms with E-state index in [2.05, 4.69) is 22.3 Å². The maximum absolute atomic E-state index is 12.3. The van der Waals surface area contributed by atoms with Gasteiger partial charge in [-0.05, 0) is 42.6 Å². The average Bonchev–Trinajstić information content (AvgIpc) is 3.09. The standard InChI is InChI=1S/C20H24N2O2/c1-24-18-11-9-17(10-12-18)19-8-5-13-22(19)15-20(23)21-14-16-6-3-2-4-7-16/h2-4,6-7,9-12,19H,5,8,13-15H2,1H3,(H,21,23). The van der Waals surface area contributed by atoms with E-state index in [1.807, 2.05) is 42.5 Å². The van der Waals surface area contributed by atoms with E-state index >= 15 is 0 Å². The molecule has 4 heteroatoms. The SMILES string of the molecule is COc1ccc(C2CCCN2CC(=O)NCc2ccccc2)cc1. The van der Waals surface area contributed by atoms with Gasteiger partial charge >= 0.3 is 0 Å². The van der Waals surface area contributed by atoms with Crippen molar-refractivity contribution in [3.8, 4) is 5.75 Å². The van der Waals surface area contributed by atoms with Gasteiger partial charge in [0, 0.05) is 12.6 Å². The number of methoxy groups -OCH3 is 1. The van der Waals surface area contributed by atoms with E-state index < -0.39 is 0 Å². The molecule has 0 saturated carbocycles. The highest BCUT2D eigenvalue weighted by molar-refractivity contribution is 5.78. The van der Waals surface area contributed by atoms with E-state index in [1.165, 1.54) is 5.56 Å². The summed E-state index contributed by atoms with van der Waals surface area (Å²) in [6.07, 6.45) is 2.22. The van der Waals surface area contributed by atoms with Gasteiger partial charge in [-0.25, -0.2) is 0 Å². The molecule has 0 aliphatic carbocycles. The molecule has 1 N–H and O–H groups in total. The van der Waals surface area contributed by atoms with Crippen molar-refractivity contribution < 1.29 is 9.53 Å². The summed E-state index contributed by atoms with van der Waals surface area (Å²) in [6.45, 7) is 2.00. The molecule has 0 radical (unpaired) electrons. The molecule has 1 fully saturated rings. The lowest BCUT2D eigenvalue weighted by Gasteiger charge is -2.24. The van der Waals surface area contributed by atoms with Crippen LogP contribution in [0.15, 0.2) is 54.6 Å². The summed E-state index contributed by atoms with van der Waals surface area (Å²) < 4.78 is 5.22. The molecule has 126 valence electrons. The quantitative estimate of drug-likeness (QED) is 0.887. The Balaban J connectivity index is 1.56. The second-order valence-corrected chi connectivity index (χ2v) is 6.16. The van der Waals surface area contributed by atoms with Gasteiger partial charge in [0.15, 0.2) is 0 Å². The maximum atomic E-state index is 12.3. The van der Waals surface area contributed by atoms with Crippen molar-refractivity contribution in [3.05, 3.63) is 65.7 Å². The van der Waals surface area contributed by atoms with Crippen molar-refractivity contribution in [3.63, 3.8) is 0 Å². The molecule has 1 aliphatic rings. The first kappa shape index (κ1) is 16.5. The first-order valence-corrected chi connectivity index (χ1v) is 8.45. The molecule has 1 aliphatic heterocycles. The highest BCUT2D eigenvalue weighted by Gasteiger charge is 2.27. The van der Waals surface area contributed by atoms with Crippen molar-refractivity contribution in [1.82, 2.24) is 10.2 Å². The number of likely N-dealkylation sites (tertiary alicyclic amines) is 1. The van der Waals surface area contributed by atoms with Crippen LogP contribution in [-0.4, -0.2) is 31.0 Å². The first-order chi connectivity index (χ1) is 11.8. The number of carbonyl (C=O) groups excluding carboxylic acids is 1. The summed E-state index contributed by atoms with van der Waals surface area (Å²) in [7, 11) is 1.67. The third-order valence-electron chi connectivity index (χ3n) is 4.54. The summed E-state index contributed by atoms with van der Waals surface area (Å²) in [4.78, 5) is 14.5. The van der Waals surface area contributed by atoms with Crippen LogP contribution in [0.2, 0.25) is 0 Å². The molecule has 1 saturated heterocycles. The predicted octanol–water partition coefficient (Wildman–Crippen LogP) is 3.15. The monoisotopic (exact) mass is 324 g/mol. The van der Waals surface area contributed by atoms with Gasteiger partial charge in [-0.1, -0.05) is 42.5 Å². The van der Waals surface area contributed by atoms with Crippen LogP contribution in [-0.2, 0) is 11.3 Å². The van der Waals surface area contributed by atoms with Gasteiger partial charge in [-0.3, -0.25) is 9.69 Å². The molecule has 0 bridgehead atoms. The van der Waals surface area contributed by atoms with Crippen LogP contribution in [0, 0.1) is 0 Å². The number of hydrogen-bond acceptors (Lipinski definition) is 3. The molecule has 4 nitrogen and oxygen atoms in total. The van der Waals surface area contributed by atoms with Crippen LogP contribution >= 0.6 is 0 Å². The van der Waals surface area contributed by atoms with E-state index in [-0.39, 0.29) is 5.91 Å². The molecule has 0 aromatic heterocycles. The number of carbonyl (C=O) groups is 1. The van der Waals surface area contributed by atoms with E-state index in [1.54, 1.807) is 7.11 Å². The van der Waals surface area contributed by atoms with Gasteiger partial charge in [0.1, 0.15) is 5.75 Å². The van der Waals surface area contributed by atoms with Crippen LogP contribution in [0.25, 0.3) is 0 Å². The fourth-order valence-electron chi connectivity index (χ4n) is 3.26. The van der Waals surface area contributed by atoms with Crippen molar-refractivity contribution in [2.75, 3.05) is 20.2 Å². The zero-order chi connectivity index (χ0) is 16.8. The van der Waals surface area contributed by atoms with E-state index in [0.29, 0.717) is 19.1 Å². The van der Waals surface area contributed by atoms with Crippen molar-refractivity contribution in [2.45, 2.75) is 25.4 Å². The lowest BCUT2D eigenvalue weighted by molar-refractivity contribution is -0.122.